The fourth-order valence-corrected chi connectivity index (χ4v) is 2.17. The number of amides is 3. The molecule has 0 bridgehead atoms. The summed E-state index contributed by atoms with van der Waals surface area (Å²) in [6, 6.07) is 4.67. The lowest BCUT2D eigenvalue weighted by Crippen LogP contribution is -3.11. The maximum Gasteiger partial charge on any atom is 0.573 e. The van der Waals surface area contributed by atoms with Crippen LogP contribution >= 0.6 is 0 Å². The van der Waals surface area contributed by atoms with Crippen molar-refractivity contribution in [1.82, 2.24) is 10.6 Å². The van der Waals surface area contributed by atoms with Crippen molar-refractivity contribution in [2.24, 2.45) is 0 Å². The Morgan fingerprint density at radius 2 is 1.61 bits per heavy atom. The molecule has 8 nitrogen and oxygen atoms in total. The minimum absolute atomic E-state index is 0.0270. The molecule has 4 N–H and O–H groups in total. The zero-order valence-electron chi connectivity index (χ0n) is 15.8. The van der Waals surface area contributed by atoms with Crippen LogP contribution in [-0.2, 0) is 14.4 Å². The van der Waals surface area contributed by atoms with Gasteiger partial charge in [0.25, 0.3) is 11.8 Å². The molecule has 28 heavy (non-hydrogen) atoms. The maximum atomic E-state index is 12.1. The van der Waals surface area contributed by atoms with Gasteiger partial charge in [0.15, 0.2) is 13.1 Å². The van der Waals surface area contributed by atoms with Crippen molar-refractivity contribution in [3.05, 3.63) is 24.3 Å². The van der Waals surface area contributed by atoms with Crippen molar-refractivity contribution in [2.75, 3.05) is 32.0 Å². The second-order valence-electron chi connectivity index (χ2n) is 6.43. The lowest BCUT2D eigenvalue weighted by atomic mass is 10.3. The van der Waals surface area contributed by atoms with Crippen molar-refractivity contribution in [1.29, 1.82) is 0 Å². The summed E-state index contributed by atoms with van der Waals surface area (Å²) in [7, 11) is 1.62. The molecule has 1 rings (SSSR count). The van der Waals surface area contributed by atoms with Crippen LogP contribution in [0.4, 0.5) is 18.9 Å². The van der Waals surface area contributed by atoms with Crippen LogP contribution in [-0.4, -0.2) is 56.8 Å². The smallest absolute Gasteiger partial charge is 0.406 e. The molecular weight excluding hydrogens is 381 g/mol. The highest BCUT2D eigenvalue weighted by molar-refractivity contribution is 5.91. The van der Waals surface area contributed by atoms with Crippen LogP contribution in [0.3, 0.4) is 0 Å². The minimum Gasteiger partial charge on any atom is -0.406 e. The van der Waals surface area contributed by atoms with Crippen molar-refractivity contribution in [3.8, 4) is 5.75 Å². The molecule has 0 aliphatic heterocycles. The number of rotatable bonds is 9. The third-order valence-corrected chi connectivity index (χ3v) is 3.19. The number of ether oxygens (including phenoxy) is 1. The van der Waals surface area contributed by atoms with E-state index < -0.39 is 23.9 Å². The normalized spacial score (nSPS) is 12.2. The minimum atomic E-state index is -4.78. The van der Waals surface area contributed by atoms with Crippen LogP contribution in [0, 0.1) is 0 Å². The number of benzene rings is 1. The van der Waals surface area contributed by atoms with E-state index in [1.807, 2.05) is 0 Å². The Hall–Kier alpha value is -2.82. The maximum absolute atomic E-state index is 12.1. The molecule has 0 heterocycles. The van der Waals surface area contributed by atoms with Crippen LogP contribution in [0.2, 0.25) is 0 Å². The summed E-state index contributed by atoms with van der Waals surface area (Å²) >= 11 is 0. The van der Waals surface area contributed by atoms with E-state index in [0.29, 0.717) is 10.6 Å². The number of nitrogens with one attached hydrogen (secondary N) is 4. The van der Waals surface area contributed by atoms with E-state index in [1.165, 1.54) is 12.1 Å². The van der Waals surface area contributed by atoms with Gasteiger partial charge in [0, 0.05) is 11.7 Å². The molecule has 0 saturated carbocycles. The van der Waals surface area contributed by atoms with Gasteiger partial charge in [-0.1, -0.05) is 0 Å². The zero-order valence-corrected chi connectivity index (χ0v) is 15.8. The van der Waals surface area contributed by atoms with Crippen LogP contribution < -0.4 is 25.6 Å². The van der Waals surface area contributed by atoms with E-state index in [0.717, 1.165) is 12.1 Å². The van der Waals surface area contributed by atoms with E-state index >= 15 is 0 Å². The van der Waals surface area contributed by atoms with E-state index in [9.17, 15) is 27.6 Å². The molecule has 156 valence electrons. The molecule has 1 atom stereocenters. The van der Waals surface area contributed by atoms with Gasteiger partial charge in [-0.2, -0.15) is 0 Å². The van der Waals surface area contributed by atoms with Crippen molar-refractivity contribution in [2.45, 2.75) is 26.3 Å². The molecule has 0 aromatic heterocycles. The molecule has 0 radical (unpaired) electrons. The summed E-state index contributed by atoms with van der Waals surface area (Å²) < 4.78 is 40.1. The third kappa shape index (κ3) is 10.4. The summed E-state index contributed by atoms with van der Waals surface area (Å²) in [5.74, 6) is -1.52. The van der Waals surface area contributed by atoms with Gasteiger partial charge in [-0.3, -0.25) is 14.4 Å². The average Bonchev–Trinajstić information content (AvgIpc) is 2.52. The molecule has 0 saturated heterocycles. The number of quaternary nitrogens is 1. The number of carbonyl (C=O) groups is 3. The van der Waals surface area contributed by atoms with Crippen LogP contribution in [0.15, 0.2) is 24.3 Å². The standard InChI is InChI=1S/C17H23F3N4O4/c1-11(2)22-14(25)8-21-15(26)9-24(3)10-16(27)23-12-4-6-13(7-5-12)28-17(18,19)20/h4-7,11H,8-10H2,1-3H3,(H,21,26)(H,22,25)(H,23,27)/p+1. The van der Waals surface area contributed by atoms with E-state index in [1.54, 1.807) is 20.9 Å². The molecular formula is C17H24F3N4O4+. The van der Waals surface area contributed by atoms with Crippen LogP contribution in [0.5, 0.6) is 5.75 Å². The third-order valence-electron chi connectivity index (χ3n) is 3.19. The molecule has 0 aliphatic rings. The molecule has 3 amide bonds. The van der Waals surface area contributed by atoms with Gasteiger partial charge >= 0.3 is 6.36 Å². The molecule has 1 unspecified atom stereocenters. The van der Waals surface area contributed by atoms with Crippen molar-refractivity contribution < 1.29 is 37.2 Å². The summed E-state index contributed by atoms with van der Waals surface area (Å²) in [6.45, 7) is 3.37. The van der Waals surface area contributed by atoms with Crippen molar-refractivity contribution >= 4 is 23.4 Å². The molecule has 11 heteroatoms. The zero-order chi connectivity index (χ0) is 21.3. The van der Waals surface area contributed by atoms with Gasteiger partial charge in [0.2, 0.25) is 5.91 Å². The number of halogens is 3. The SMILES string of the molecule is CC(C)NC(=O)CNC(=O)C[NH+](C)CC(=O)Nc1ccc(OC(F)(F)F)cc1. The van der Waals surface area contributed by atoms with Gasteiger partial charge in [-0.05, 0) is 38.1 Å². The molecule has 0 fully saturated rings. The largest absolute Gasteiger partial charge is 0.573 e. The summed E-state index contributed by atoms with van der Waals surface area (Å²) in [5.41, 5.74) is 0.294. The first kappa shape index (κ1) is 23.2. The van der Waals surface area contributed by atoms with Gasteiger partial charge in [-0.25, -0.2) is 0 Å². The van der Waals surface area contributed by atoms with Gasteiger partial charge in [0.1, 0.15) is 5.75 Å². The number of hydrogen-bond acceptors (Lipinski definition) is 4. The van der Waals surface area contributed by atoms with Gasteiger partial charge < -0.3 is 25.6 Å². The molecule has 1 aromatic carbocycles. The highest BCUT2D eigenvalue weighted by Crippen LogP contribution is 2.23. The van der Waals surface area contributed by atoms with E-state index in [2.05, 4.69) is 20.7 Å². The van der Waals surface area contributed by atoms with Crippen LogP contribution in [0.25, 0.3) is 0 Å². The number of likely N-dealkylation sites (N-methyl/N-ethyl adjacent to an activating group) is 1. The monoisotopic (exact) mass is 405 g/mol. The first-order chi connectivity index (χ1) is 12.9. The Morgan fingerprint density at radius 1 is 1.04 bits per heavy atom. The first-order valence-electron chi connectivity index (χ1n) is 8.47. The van der Waals surface area contributed by atoms with E-state index in [4.69, 9.17) is 0 Å². The number of hydrogen-bond donors (Lipinski definition) is 4. The Bertz CT molecular complexity index is 678. The van der Waals surface area contributed by atoms with Crippen molar-refractivity contribution in [3.63, 3.8) is 0 Å². The van der Waals surface area contributed by atoms with Crippen LogP contribution in [0.1, 0.15) is 13.8 Å². The lowest BCUT2D eigenvalue weighted by Gasteiger charge is -2.14. The average molecular weight is 405 g/mol. The Balaban J connectivity index is 2.37. The van der Waals surface area contributed by atoms with Gasteiger partial charge in [0.05, 0.1) is 13.6 Å². The fraction of sp³-hybridized carbons (Fsp3) is 0.471. The lowest BCUT2D eigenvalue weighted by molar-refractivity contribution is -0.862. The molecule has 0 aliphatic carbocycles. The van der Waals surface area contributed by atoms with Gasteiger partial charge in [-0.15, -0.1) is 13.2 Å². The summed E-state index contributed by atoms with van der Waals surface area (Å²) in [5, 5.41) is 7.60. The second-order valence-corrected chi connectivity index (χ2v) is 6.43. The molecule has 0 spiro atoms. The summed E-state index contributed by atoms with van der Waals surface area (Å²) in [6.07, 6.45) is -4.78. The van der Waals surface area contributed by atoms with E-state index in [-0.39, 0.29) is 31.6 Å². The summed E-state index contributed by atoms with van der Waals surface area (Å²) in [4.78, 5) is 35.8. The fourth-order valence-electron chi connectivity index (χ4n) is 2.17. The quantitative estimate of drug-likeness (QED) is 0.452. The topological polar surface area (TPSA) is 101 Å². The Kier molecular flexibility index (Phi) is 8.71. The molecule has 1 aromatic rings. The number of alkyl halides is 3. The number of anilines is 1. The Morgan fingerprint density at radius 3 is 2.14 bits per heavy atom. The highest BCUT2D eigenvalue weighted by atomic mass is 19.4. The first-order valence-corrected chi connectivity index (χ1v) is 8.47. The highest BCUT2D eigenvalue weighted by Gasteiger charge is 2.31. The predicted molar refractivity (Wildman–Crippen MR) is 94.7 cm³/mol. The Labute approximate surface area is 160 Å². The predicted octanol–water partition coefficient (Wildman–Crippen LogP) is -0.321. The second kappa shape index (κ2) is 10.5. The number of carbonyl (C=O) groups excluding carboxylic acids is 3.